The van der Waals surface area contributed by atoms with Gasteiger partial charge in [0.05, 0.1) is 4.92 Å². The Kier molecular flexibility index (Phi) is 4.26. The van der Waals surface area contributed by atoms with Gasteiger partial charge in [0.1, 0.15) is 6.61 Å². The zero-order valence-electron chi connectivity index (χ0n) is 14.5. The molecular formula is C19H14N2O7. The van der Waals surface area contributed by atoms with Crippen LogP contribution >= 0.6 is 0 Å². The van der Waals surface area contributed by atoms with Gasteiger partial charge in [-0.2, -0.15) is 0 Å². The van der Waals surface area contributed by atoms with Gasteiger partial charge in [0.15, 0.2) is 0 Å². The third-order valence-electron chi connectivity index (χ3n) is 4.79. The number of hydroxylamine groups is 2. The lowest BCUT2D eigenvalue weighted by atomic mass is 9.98. The van der Waals surface area contributed by atoms with Crippen molar-refractivity contribution >= 4 is 23.7 Å². The van der Waals surface area contributed by atoms with Gasteiger partial charge in [0.2, 0.25) is 0 Å². The Balaban J connectivity index is 1.55. The van der Waals surface area contributed by atoms with Crippen molar-refractivity contribution in [3.63, 3.8) is 0 Å². The lowest BCUT2D eigenvalue weighted by Crippen LogP contribution is -2.32. The predicted octanol–water partition coefficient (Wildman–Crippen LogP) is 2.92. The minimum atomic E-state index is -1.18. The van der Waals surface area contributed by atoms with Crippen molar-refractivity contribution in [3.05, 3.63) is 63.7 Å². The molecule has 2 aromatic rings. The fraction of sp³-hybridized carbons (Fsp3) is 0.211. The number of hydrogen-bond donors (Lipinski definition) is 0. The quantitative estimate of drug-likeness (QED) is 0.345. The maximum absolute atomic E-state index is 11.9. The highest BCUT2D eigenvalue weighted by atomic mass is 16.8. The molecule has 4 rings (SSSR count). The molecule has 0 radical (unpaired) electrons. The zero-order chi connectivity index (χ0) is 19.8. The first-order valence-electron chi connectivity index (χ1n) is 8.54. The second-order valence-corrected chi connectivity index (χ2v) is 6.40. The summed E-state index contributed by atoms with van der Waals surface area (Å²) < 4.78 is 5.12. The van der Waals surface area contributed by atoms with E-state index in [1.54, 1.807) is 6.07 Å². The van der Waals surface area contributed by atoms with E-state index in [-0.39, 0.29) is 25.1 Å². The van der Waals surface area contributed by atoms with Crippen molar-refractivity contribution in [2.24, 2.45) is 0 Å². The average Bonchev–Trinajstić information content (AvgIpc) is 3.17. The van der Waals surface area contributed by atoms with Crippen molar-refractivity contribution in [1.29, 1.82) is 0 Å². The van der Waals surface area contributed by atoms with Gasteiger partial charge in [-0.05, 0) is 28.3 Å². The third-order valence-corrected chi connectivity index (χ3v) is 4.79. The molecule has 142 valence electrons. The second kappa shape index (κ2) is 6.76. The van der Waals surface area contributed by atoms with Crippen molar-refractivity contribution in [2.45, 2.75) is 18.8 Å². The molecule has 2 amide bonds. The molecule has 1 aliphatic heterocycles. The van der Waals surface area contributed by atoms with Crippen LogP contribution in [-0.2, 0) is 19.2 Å². The van der Waals surface area contributed by atoms with Gasteiger partial charge in [-0.3, -0.25) is 24.5 Å². The van der Waals surface area contributed by atoms with Gasteiger partial charge in [0, 0.05) is 30.9 Å². The number of carbonyl (C=O) groups is 3. The van der Waals surface area contributed by atoms with E-state index in [1.807, 2.05) is 24.3 Å². The Bertz CT molecular complexity index is 1000. The average molecular weight is 382 g/mol. The summed E-state index contributed by atoms with van der Waals surface area (Å²) in [5, 5.41) is 11.5. The lowest BCUT2D eigenvalue weighted by Gasteiger charge is -2.16. The molecule has 0 saturated carbocycles. The number of imide groups is 1. The van der Waals surface area contributed by atoms with Crippen molar-refractivity contribution in [2.75, 3.05) is 6.61 Å². The molecule has 1 fully saturated rings. The van der Waals surface area contributed by atoms with E-state index in [1.165, 1.54) is 12.1 Å². The molecule has 28 heavy (non-hydrogen) atoms. The normalized spacial score (nSPS) is 17.3. The number of rotatable bonds is 4. The van der Waals surface area contributed by atoms with Crippen LogP contribution in [0.3, 0.4) is 0 Å². The molecule has 0 N–H and O–H groups in total. The Labute approximate surface area is 158 Å². The SMILES string of the molecule is O=C(OCC1c2ccccc2-c2ccc([N+](=O)[O-])cc21)ON1C(=O)CCC1=O. The molecule has 1 aliphatic carbocycles. The van der Waals surface area contributed by atoms with Crippen molar-refractivity contribution in [3.8, 4) is 11.1 Å². The van der Waals surface area contributed by atoms with E-state index >= 15 is 0 Å². The van der Waals surface area contributed by atoms with E-state index in [9.17, 15) is 24.5 Å². The van der Waals surface area contributed by atoms with Crippen LogP contribution < -0.4 is 0 Å². The molecule has 1 atom stereocenters. The number of nitro benzene ring substituents is 1. The Hall–Kier alpha value is -3.75. The molecule has 0 spiro atoms. The van der Waals surface area contributed by atoms with Gasteiger partial charge < -0.3 is 4.74 Å². The van der Waals surface area contributed by atoms with Crippen LogP contribution in [0.15, 0.2) is 42.5 Å². The molecule has 9 heteroatoms. The van der Waals surface area contributed by atoms with Gasteiger partial charge >= 0.3 is 6.16 Å². The summed E-state index contributed by atoms with van der Waals surface area (Å²) in [5.74, 6) is -1.63. The monoisotopic (exact) mass is 382 g/mol. The van der Waals surface area contributed by atoms with Gasteiger partial charge in [-0.25, -0.2) is 4.79 Å². The zero-order valence-corrected chi connectivity index (χ0v) is 14.5. The fourth-order valence-corrected chi connectivity index (χ4v) is 3.50. The van der Waals surface area contributed by atoms with E-state index in [0.717, 1.165) is 16.7 Å². The number of fused-ring (bicyclic) bond motifs is 3. The van der Waals surface area contributed by atoms with Crippen LogP contribution in [-0.4, -0.2) is 34.6 Å². The minimum absolute atomic E-state index is 0.0147. The number of ether oxygens (including phenoxy) is 1. The van der Waals surface area contributed by atoms with Crippen LogP contribution in [0.1, 0.15) is 29.9 Å². The molecule has 9 nitrogen and oxygen atoms in total. The molecular weight excluding hydrogens is 368 g/mol. The molecule has 2 aliphatic rings. The van der Waals surface area contributed by atoms with Gasteiger partial charge in [-0.15, -0.1) is 0 Å². The Morgan fingerprint density at radius 3 is 2.46 bits per heavy atom. The van der Waals surface area contributed by atoms with Crippen LogP contribution in [0, 0.1) is 10.1 Å². The number of benzene rings is 2. The van der Waals surface area contributed by atoms with E-state index in [0.29, 0.717) is 10.6 Å². The van der Waals surface area contributed by atoms with Crippen LogP contribution in [0.5, 0.6) is 0 Å². The summed E-state index contributed by atoms with van der Waals surface area (Å²) in [5.41, 5.74) is 3.19. The van der Waals surface area contributed by atoms with E-state index in [2.05, 4.69) is 0 Å². The number of hydrogen-bond acceptors (Lipinski definition) is 7. The van der Waals surface area contributed by atoms with Gasteiger partial charge in [0.25, 0.3) is 17.5 Å². The van der Waals surface area contributed by atoms with Crippen LogP contribution in [0.4, 0.5) is 10.5 Å². The topological polar surface area (TPSA) is 116 Å². The third kappa shape index (κ3) is 2.96. The molecule has 0 aromatic heterocycles. The summed E-state index contributed by atoms with van der Waals surface area (Å²) in [4.78, 5) is 50.3. The van der Waals surface area contributed by atoms with Crippen LogP contribution in [0.25, 0.3) is 11.1 Å². The molecule has 2 aromatic carbocycles. The van der Waals surface area contributed by atoms with Crippen molar-refractivity contribution in [1.82, 2.24) is 5.06 Å². The second-order valence-electron chi connectivity index (χ2n) is 6.40. The van der Waals surface area contributed by atoms with Gasteiger partial charge in [-0.1, -0.05) is 29.3 Å². The maximum atomic E-state index is 11.9. The number of nitrogens with zero attached hydrogens (tertiary/aromatic N) is 2. The standard InChI is InChI=1S/C19H14N2O7/c22-17-7-8-18(23)20(17)28-19(24)27-10-16-13-4-2-1-3-12(13)14-6-5-11(21(25)26)9-15(14)16/h1-6,9,16H,7-8,10H2. The molecule has 1 saturated heterocycles. The molecule has 1 unspecified atom stereocenters. The number of carbonyl (C=O) groups excluding carboxylic acids is 3. The number of amides is 2. The number of nitro groups is 1. The first-order valence-corrected chi connectivity index (χ1v) is 8.54. The maximum Gasteiger partial charge on any atom is 0.533 e. The highest BCUT2D eigenvalue weighted by Crippen LogP contribution is 2.45. The smallest absolute Gasteiger partial charge is 0.432 e. The van der Waals surface area contributed by atoms with E-state index in [4.69, 9.17) is 9.57 Å². The van der Waals surface area contributed by atoms with E-state index < -0.39 is 28.8 Å². The summed E-state index contributed by atoms with van der Waals surface area (Å²) in [6, 6.07) is 12.0. The lowest BCUT2D eigenvalue weighted by molar-refractivity contribution is -0.384. The first-order chi connectivity index (χ1) is 13.5. The highest BCUT2D eigenvalue weighted by molar-refractivity contribution is 6.01. The Morgan fingerprint density at radius 2 is 1.75 bits per heavy atom. The largest absolute Gasteiger partial charge is 0.533 e. The molecule has 0 bridgehead atoms. The summed E-state index contributed by atoms with van der Waals surface area (Å²) in [6.07, 6.45) is -1.21. The number of non-ortho nitro benzene ring substituents is 1. The first kappa shape index (κ1) is 17.7. The molecule has 1 heterocycles. The summed E-state index contributed by atoms with van der Waals surface area (Å²) >= 11 is 0. The van der Waals surface area contributed by atoms with Crippen LogP contribution in [0.2, 0.25) is 0 Å². The predicted molar refractivity (Wildman–Crippen MR) is 93.9 cm³/mol. The fourth-order valence-electron chi connectivity index (χ4n) is 3.50. The van der Waals surface area contributed by atoms with Crippen molar-refractivity contribution < 1.29 is 28.9 Å². The summed E-state index contributed by atoms with van der Waals surface area (Å²) in [7, 11) is 0. The summed E-state index contributed by atoms with van der Waals surface area (Å²) in [6.45, 7) is -0.153. The minimum Gasteiger partial charge on any atom is -0.432 e. The Morgan fingerprint density at radius 1 is 1.07 bits per heavy atom. The highest BCUT2D eigenvalue weighted by Gasteiger charge is 2.35.